The minimum Gasteiger partial charge on any atom is -0.257 e. The lowest BCUT2D eigenvalue weighted by Crippen LogP contribution is -2.36. The van der Waals surface area contributed by atoms with Gasteiger partial charge in [-0.2, -0.15) is 0 Å². The van der Waals surface area contributed by atoms with Gasteiger partial charge in [-0.05, 0) is 13.0 Å². The van der Waals surface area contributed by atoms with E-state index in [0.29, 0.717) is 5.02 Å². The molecule has 1 radical (unpaired) electrons. The number of rotatable bonds is 2. The second-order valence-electron chi connectivity index (χ2n) is 2.95. The maximum absolute atomic E-state index is 5.98. The van der Waals surface area contributed by atoms with Crippen LogP contribution in [0.4, 0.5) is 6.01 Å². The molecule has 0 bridgehead atoms. The zero-order valence-corrected chi connectivity index (χ0v) is 9.06. The van der Waals surface area contributed by atoms with Crippen molar-refractivity contribution in [3.8, 4) is 5.69 Å². The third-order valence-corrected chi connectivity index (χ3v) is 2.44. The van der Waals surface area contributed by atoms with E-state index in [1.54, 1.807) is 7.05 Å². The van der Waals surface area contributed by atoms with Crippen LogP contribution in [0.2, 0.25) is 5.02 Å². The van der Waals surface area contributed by atoms with E-state index in [2.05, 4.69) is 15.7 Å². The van der Waals surface area contributed by atoms with Crippen LogP contribution in [0.3, 0.4) is 0 Å². The van der Waals surface area contributed by atoms with Gasteiger partial charge in [-0.25, -0.2) is 5.32 Å². The van der Waals surface area contributed by atoms with Crippen LogP contribution < -0.4 is 10.1 Å². The molecule has 77 valence electrons. The van der Waals surface area contributed by atoms with Crippen LogP contribution in [0.1, 0.15) is 5.56 Å². The highest BCUT2D eigenvalue weighted by molar-refractivity contribution is 6.31. The number of halogens is 1. The van der Waals surface area contributed by atoms with Gasteiger partial charge in [0.15, 0.2) is 0 Å². The predicted octanol–water partition coefficient (Wildman–Crippen LogP) is 1.17. The Labute approximate surface area is 91.6 Å². The molecule has 0 fully saturated rings. The smallest absolute Gasteiger partial charge is 0.257 e. The molecule has 0 saturated carbocycles. The summed E-state index contributed by atoms with van der Waals surface area (Å²) >= 11 is 5.98. The fourth-order valence-corrected chi connectivity index (χ4v) is 1.36. The van der Waals surface area contributed by atoms with E-state index in [4.69, 9.17) is 16.1 Å². The minimum atomic E-state index is 0.231. The molecule has 15 heavy (non-hydrogen) atoms. The molecule has 0 aliphatic rings. The van der Waals surface area contributed by atoms with Crippen LogP contribution in [0.25, 0.3) is 5.69 Å². The molecule has 0 atom stereocenters. The van der Waals surface area contributed by atoms with E-state index < -0.39 is 0 Å². The lowest BCUT2D eigenvalue weighted by atomic mass is 10.2. The van der Waals surface area contributed by atoms with E-state index in [9.17, 15) is 0 Å². The molecule has 6 heteroatoms. The molecular formula is C9H9ClN4O+. The zero-order valence-electron chi connectivity index (χ0n) is 8.31. The van der Waals surface area contributed by atoms with Crippen LogP contribution in [-0.4, -0.2) is 17.4 Å². The summed E-state index contributed by atoms with van der Waals surface area (Å²) in [5.74, 6) is 0. The number of hydrogen-bond acceptors (Lipinski definition) is 3. The largest absolute Gasteiger partial charge is 0.410 e. The highest BCUT2D eigenvalue weighted by atomic mass is 35.5. The lowest BCUT2D eigenvalue weighted by Gasteiger charge is -1.94. The van der Waals surface area contributed by atoms with Gasteiger partial charge in [-0.1, -0.05) is 17.7 Å². The Morgan fingerprint density at radius 1 is 1.47 bits per heavy atom. The fraction of sp³-hybridized carbons (Fsp3) is 0.222. The maximum Gasteiger partial charge on any atom is 0.410 e. The number of aromatic nitrogens is 3. The van der Waals surface area contributed by atoms with E-state index in [1.807, 2.05) is 25.1 Å². The molecule has 0 aliphatic heterocycles. The Hall–Kier alpha value is -1.62. The third kappa shape index (κ3) is 1.78. The van der Waals surface area contributed by atoms with Gasteiger partial charge >= 0.3 is 6.01 Å². The molecule has 1 aromatic heterocycles. The van der Waals surface area contributed by atoms with Crippen molar-refractivity contribution in [2.75, 3.05) is 7.05 Å². The van der Waals surface area contributed by atoms with Crippen molar-refractivity contribution in [2.24, 2.45) is 0 Å². The van der Waals surface area contributed by atoms with Gasteiger partial charge < -0.3 is 0 Å². The van der Waals surface area contributed by atoms with Gasteiger partial charge in [0.1, 0.15) is 9.90 Å². The van der Waals surface area contributed by atoms with Gasteiger partial charge in [0.2, 0.25) is 5.27 Å². The van der Waals surface area contributed by atoms with Crippen molar-refractivity contribution in [2.45, 2.75) is 6.92 Å². The summed E-state index contributed by atoms with van der Waals surface area (Å²) in [5, 5.41) is 12.2. The van der Waals surface area contributed by atoms with Crippen molar-refractivity contribution < 1.29 is 9.32 Å². The Balaban J connectivity index is 2.49. The first-order chi connectivity index (χ1) is 7.22. The van der Waals surface area contributed by atoms with Crippen LogP contribution in [0.5, 0.6) is 0 Å². The summed E-state index contributed by atoms with van der Waals surface area (Å²) in [6.07, 6.45) is 0. The van der Waals surface area contributed by atoms with Crippen LogP contribution >= 0.6 is 11.6 Å². The highest BCUT2D eigenvalue weighted by Gasteiger charge is 2.20. The van der Waals surface area contributed by atoms with Crippen LogP contribution in [0, 0.1) is 6.92 Å². The molecule has 2 rings (SSSR count). The molecule has 1 heterocycles. The molecule has 0 amide bonds. The Kier molecular flexibility index (Phi) is 2.55. The third-order valence-electron chi connectivity index (χ3n) is 2.03. The molecule has 0 saturated heterocycles. The second kappa shape index (κ2) is 3.86. The maximum atomic E-state index is 5.98. The van der Waals surface area contributed by atoms with Gasteiger partial charge in [-0.3, -0.25) is 4.52 Å². The molecule has 5 nitrogen and oxygen atoms in total. The summed E-state index contributed by atoms with van der Waals surface area (Å²) in [6, 6.07) is 5.73. The Morgan fingerprint density at radius 2 is 2.27 bits per heavy atom. The van der Waals surface area contributed by atoms with E-state index in [-0.39, 0.29) is 6.01 Å². The summed E-state index contributed by atoms with van der Waals surface area (Å²) in [5.41, 5.74) is 1.67. The molecule has 0 N–H and O–H groups in total. The average Bonchev–Trinajstić information content (AvgIpc) is 2.70. The Bertz CT molecular complexity index is 483. The summed E-state index contributed by atoms with van der Waals surface area (Å²) in [7, 11) is 1.59. The SMILES string of the molecule is C[N]c1n[n+](-c2cccc(Cl)c2C)no1. The first-order valence-electron chi connectivity index (χ1n) is 4.34. The van der Waals surface area contributed by atoms with Crippen molar-refractivity contribution in [1.29, 1.82) is 0 Å². The van der Waals surface area contributed by atoms with Crippen LogP contribution in [-0.2, 0) is 0 Å². The van der Waals surface area contributed by atoms with E-state index in [0.717, 1.165) is 11.3 Å². The highest BCUT2D eigenvalue weighted by Crippen LogP contribution is 2.18. The van der Waals surface area contributed by atoms with E-state index >= 15 is 0 Å². The summed E-state index contributed by atoms with van der Waals surface area (Å²) in [6.45, 7) is 1.89. The molecular weight excluding hydrogens is 216 g/mol. The first kappa shape index (κ1) is 9.92. The average molecular weight is 225 g/mol. The molecule has 0 spiro atoms. The minimum absolute atomic E-state index is 0.231. The number of hydrogen-bond donors (Lipinski definition) is 0. The van der Waals surface area contributed by atoms with Crippen molar-refractivity contribution in [1.82, 2.24) is 15.7 Å². The Morgan fingerprint density at radius 3 is 2.93 bits per heavy atom. The molecule has 1 aromatic carbocycles. The van der Waals surface area contributed by atoms with Crippen molar-refractivity contribution >= 4 is 17.6 Å². The second-order valence-corrected chi connectivity index (χ2v) is 3.36. The molecule has 0 unspecified atom stereocenters. The quantitative estimate of drug-likeness (QED) is 0.720. The van der Waals surface area contributed by atoms with Crippen LogP contribution in [0.15, 0.2) is 22.7 Å². The number of benzene rings is 1. The number of nitrogens with zero attached hydrogens (tertiary/aromatic N) is 4. The molecule has 2 aromatic rings. The normalized spacial score (nSPS) is 10.3. The lowest BCUT2D eigenvalue weighted by molar-refractivity contribution is -0.725. The standard InChI is InChI=1S/C9H9ClN4O/c1-6-7(10)4-3-5-8(6)14-12-9(11-2)15-13-14/h3-5H,1-2H3/q+1. The van der Waals surface area contributed by atoms with Gasteiger partial charge in [-0.15, -0.1) is 0 Å². The molecule has 0 aliphatic carbocycles. The van der Waals surface area contributed by atoms with Crippen molar-refractivity contribution in [3.63, 3.8) is 0 Å². The summed E-state index contributed by atoms with van der Waals surface area (Å²) in [4.78, 5) is 1.36. The van der Waals surface area contributed by atoms with E-state index in [1.165, 1.54) is 4.80 Å². The first-order valence-corrected chi connectivity index (χ1v) is 4.72. The fourth-order valence-electron chi connectivity index (χ4n) is 1.19. The zero-order chi connectivity index (χ0) is 10.8. The van der Waals surface area contributed by atoms with Crippen molar-refractivity contribution in [3.05, 3.63) is 28.8 Å². The van der Waals surface area contributed by atoms with Gasteiger partial charge in [0, 0.05) is 18.7 Å². The predicted molar refractivity (Wildman–Crippen MR) is 53.3 cm³/mol. The monoisotopic (exact) mass is 224 g/mol. The van der Waals surface area contributed by atoms with Gasteiger partial charge in [0.05, 0.1) is 5.02 Å². The van der Waals surface area contributed by atoms with Gasteiger partial charge in [0.25, 0.3) is 5.69 Å². The summed E-state index contributed by atoms with van der Waals surface area (Å²) < 4.78 is 4.86. The topological polar surface area (TPSA) is 56.9 Å².